The van der Waals surface area contributed by atoms with E-state index in [4.69, 9.17) is 4.74 Å². The van der Waals surface area contributed by atoms with Crippen molar-refractivity contribution in [3.05, 3.63) is 46.7 Å². The average molecular weight is 265 g/mol. The minimum Gasteiger partial charge on any atom is -0.424 e. The molecule has 0 N–H and O–H groups in total. The van der Waals surface area contributed by atoms with E-state index >= 15 is 0 Å². The molecule has 3 nitrogen and oxygen atoms in total. The van der Waals surface area contributed by atoms with E-state index in [1.165, 1.54) is 5.56 Å². The molecule has 0 unspecified atom stereocenters. The molecule has 15 heavy (non-hydrogen) atoms. The lowest BCUT2D eigenvalue weighted by Gasteiger charge is -2.03. The van der Waals surface area contributed by atoms with Gasteiger partial charge in [-0.05, 0) is 35.0 Å². The largest absolute Gasteiger partial charge is 0.424 e. The summed E-state index contributed by atoms with van der Waals surface area (Å²) in [5.41, 5.74) is 1.19. The minimum atomic E-state index is 0.349. The molecule has 0 bridgehead atoms. The Labute approximate surface area is 96.3 Å². The first-order chi connectivity index (χ1) is 7.24. The van der Waals surface area contributed by atoms with Crippen LogP contribution in [0.2, 0.25) is 0 Å². The van der Waals surface area contributed by atoms with E-state index in [9.17, 15) is 0 Å². The van der Waals surface area contributed by atoms with Crippen molar-refractivity contribution in [2.45, 2.75) is 6.92 Å². The molecule has 0 aliphatic rings. The summed E-state index contributed by atoms with van der Waals surface area (Å²) in [6, 6.07) is 8.09. The van der Waals surface area contributed by atoms with Crippen LogP contribution in [0, 0.1) is 6.92 Å². The highest BCUT2D eigenvalue weighted by molar-refractivity contribution is 9.10. The number of halogens is 1. The van der Waals surface area contributed by atoms with E-state index in [0.29, 0.717) is 6.01 Å². The molecule has 1 aromatic carbocycles. The smallest absolute Gasteiger partial charge is 0.321 e. The van der Waals surface area contributed by atoms with Crippen molar-refractivity contribution < 1.29 is 4.74 Å². The number of benzene rings is 1. The van der Waals surface area contributed by atoms with E-state index in [0.717, 1.165) is 10.2 Å². The molecule has 0 amide bonds. The number of aryl methyl sites for hydroxylation is 1. The highest BCUT2D eigenvalue weighted by Gasteiger charge is 1.99. The molecule has 4 heteroatoms. The van der Waals surface area contributed by atoms with Crippen LogP contribution in [0.1, 0.15) is 5.56 Å². The summed E-state index contributed by atoms with van der Waals surface area (Å²) >= 11 is 3.26. The SMILES string of the molecule is Cc1ccc(Oc2ncc(Br)cn2)cc1. The summed E-state index contributed by atoms with van der Waals surface area (Å²) in [6.07, 6.45) is 3.30. The van der Waals surface area contributed by atoms with E-state index in [-0.39, 0.29) is 0 Å². The van der Waals surface area contributed by atoms with E-state index in [2.05, 4.69) is 25.9 Å². The van der Waals surface area contributed by atoms with Gasteiger partial charge in [-0.15, -0.1) is 0 Å². The number of aromatic nitrogens is 2. The molecule has 0 spiro atoms. The van der Waals surface area contributed by atoms with Crippen LogP contribution in [0.4, 0.5) is 0 Å². The normalized spacial score (nSPS) is 10.0. The molecule has 1 heterocycles. The van der Waals surface area contributed by atoms with Crippen molar-refractivity contribution in [2.75, 3.05) is 0 Å². The summed E-state index contributed by atoms with van der Waals surface area (Å²) < 4.78 is 6.28. The predicted octanol–water partition coefficient (Wildman–Crippen LogP) is 3.34. The van der Waals surface area contributed by atoms with Gasteiger partial charge in [0.15, 0.2) is 0 Å². The van der Waals surface area contributed by atoms with Gasteiger partial charge in [-0.3, -0.25) is 0 Å². The van der Waals surface area contributed by atoms with E-state index in [1.54, 1.807) is 12.4 Å². The standard InChI is InChI=1S/C11H9BrN2O/c1-8-2-4-10(5-3-8)15-11-13-6-9(12)7-14-11/h2-7H,1H3. The fourth-order valence-corrected chi connectivity index (χ4v) is 1.27. The molecule has 0 radical (unpaired) electrons. The summed E-state index contributed by atoms with van der Waals surface area (Å²) in [7, 11) is 0. The molecular weight excluding hydrogens is 256 g/mol. The van der Waals surface area contributed by atoms with E-state index in [1.807, 2.05) is 31.2 Å². The van der Waals surface area contributed by atoms with Crippen molar-refractivity contribution in [1.82, 2.24) is 9.97 Å². The Balaban J connectivity index is 2.15. The second-order valence-corrected chi connectivity index (χ2v) is 4.01. The third kappa shape index (κ3) is 2.76. The van der Waals surface area contributed by atoms with E-state index < -0.39 is 0 Å². The third-order valence-corrected chi connectivity index (χ3v) is 2.24. The predicted molar refractivity (Wildman–Crippen MR) is 61.0 cm³/mol. The van der Waals surface area contributed by atoms with Crippen molar-refractivity contribution in [3.8, 4) is 11.8 Å². The third-order valence-electron chi connectivity index (χ3n) is 1.83. The Morgan fingerprint density at radius 3 is 2.27 bits per heavy atom. The van der Waals surface area contributed by atoms with Gasteiger partial charge in [0, 0.05) is 12.4 Å². The topological polar surface area (TPSA) is 35.0 Å². The minimum absolute atomic E-state index is 0.349. The first kappa shape index (κ1) is 10.1. The van der Waals surface area contributed by atoms with Gasteiger partial charge >= 0.3 is 6.01 Å². The van der Waals surface area contributed by atoms with Gasteiger partial charge in [0.05, 0.1) is 4.47 Å². The van der Waals surface area contributed by atoms with Gasteiger partial charge in [-0.25, -0.2) is 9.97 Å². The quantitative estimate of drug-likeness (QED) is 0.835. The Morgan fingerprint density at radius 1 is 1.07 bits per heavy atom. The Kier molecular flexibility index (Phi) is 2.97. The van der Waals surface area contributed by atoms with Crippen LogP contribution >= 0.6 is 15.9 Å². The molecular formula is C11H9BrN2O. The molecule has 2 rings (SSSR count). The number of rotatable bonds is 2. The van der Waals surface area contributed by atoms with Crippen LogP contribution in [0.5, 0.6) is 11.8 Å². The Hall–Kier alpha value is -1.42. The Morgan fingerprint density at radius 2 is 1.67 bits per heavy atom. The van der Waals surface area contributed by atoms with Crippen LogP contribution in [-0.4, -0.2) is 9.97 Å². The summed E-state index contributed by atoms with van der Waals surface area (Å²) in [5.74, 6) is 0.739. The summed E-state index contributed by atoms with van der Waals surface area (Å²) in [5, 5.41) is 0. The van der Waals surface area contributed by atoms with Crippen molar-refractivity contribution >= 4 is 15.9 Å². The zero-order valence-corrected chi connectivity index (χ0v) is 9.73. The average Bonchev–Trinajstić information content (AvgIpc) is 2.25. The van der Waals surface area contributed by atoms with Gasteiger partial charge < -0.3 is 4.74 Å². The van der Waals surface area contributed by atoms with Crippen LogP contribution in [-0.2, 0) is 0 Å². The lowest BCUT2D eigenvalue weighted by atomic mass is 10.2. The molecule has 0 saturated heterocycles. The molecule has 2 aromatic rings. The monoisotopic (exact) mass is 264 g/mol. The maximum atomic E-state index is 5.45. The maximum absolute atomic E-state index is 5.45. The number of hydrogen-bond acceptors (Lipinski definition) is 3. The molecule has 76 valence electrons. The number of hydrogen-bond donors (Lipinski definition) is 0. The first-order valence-corrected chi connectivity index (χ1v) is 5.25. The maximum Gasteiger partial charge on any atom is 0.321 e. The molecule has 0 aliphatic carbocycles. The van der Waals surface area contributed by atoms with Crippen molar-refractivity contribution in [2.24, 2.45) is 0 Å². The van der Waals surface area contributed by atoms with Gasteiger partial charge in [0.1, 0.15) is 5.75 Å². The molecule has 1 aromatic heterocycles. The summed E-state index contributed by atoms with van der Waals surface area (Å²) in [4.78, 5) is 8.03. The van der Waals surface area contributed by atoms with Crippen molar-refractivity contribution in [1.29, 1.82) is 0 Å². The number of ether oxygens (including phenoxy) is 1. The first-order valence-electron chi connectivity index (χ1n) is 4.46. The zero-order chi connectivity index (χ0) is 10.7. The molecule has 0 saturated carbocycles. The van der Waals surface area contributed by atoms with Crippen molar-refractivity contribution in [3.63, 3.8) is 0 Å². The molecule has 0 atom stereocenters. The fourth-order valence-electron chi connectivity index (χ4n) is 1.06. The second-order valence-electron chi connectivity index (χ2n) is 3.10. The van der Waals surface area contributed by atoms with Crippen LogP contribution in [0.3, 0.4) is 0 Å². The lowest BCUT2D eigenvalue weighted by molar-refractivity contribution is 0.441. The fraction of sp³-hybridized carbons (Fsp3) is 0.0909. The zero-order valence-electron chi connectivity index (χ0n) is 8.14. The highest BCUT2D eigenvalue weighted by Crippen LogP contribution is 2.18. The van der Waals surface area contributed by atoms with Gasteiger partial charge in [0.25, 0.3) is 0 Å². The van der Waals surface area contributed by atoms with Crippen LogP contribution in [0.25, 0.3) is 0 Å². The van der Waals surface area contributed by atoms with Crippen LogP contribution < -0.4 is 4.74 Å². The summed E-state index contributed by atoms with van der Waals surface area (Å²) in [6.45, 7) is 2.03. The van der Waals surface area contributed by atoms with Gasteiger partial charge in [-0.1, -0.05) is 17.7 Å². The van der Waals surface area contributed by atoms with Gasteiger partial charge in [-0.2, -0.15) is 0 Å². The lowest BCUT2D eigenvalue weighted by Crippen LogP contribution is -1.90. The van der Waals surface area contributed by atoms with Gasteiger partial charge in [0.2, 0.25) is 0 Å². The molecule has 0 fully saturated rings. The number of nitrogens with zero attached hydrogens (tertiary/aromatic N) is 2. The second kappa shape index (κ2) is 4.40. The molecule has 0 aliphatic heterocycles. The highest BCUT2D eigenvalue weighted by atomic mass is 79.9. The van der Waals surface area contributed by atoms with Crippen LogP contribution in [0.15, 0.2) is 41.1 Å². The Bertz CT molecular complexity index is 396.